The third-order valence-electron chi connectivity index (χ3n) is 5.35. The molecule has 0 aliphatic heterocycles. The minimum absolute atomic E-state index is 0.00581. The summed E-state index contributed by atoms with van der Waals surface area (Å²) < 4.78 is 16.6. The zero-order valence-corrected chi connectivity index (χ0v) is 21.2. The summed E-state index contributed by atoms with van der Waals surface area (Å²) >= 11 is 0. The molecule has 186 valence electrons. The number of carbonyl (C=O) groups is 2. The fourth-order valence-corrected chi connectivity index (χ4v) is 3.56. The van der Waals surface area contributed by atoms with Crippen LogP contribution in [0.4, 0.5) is 0 Å². The molecule has 1 N–H and O–H groups in total. The molecule has 7 nitrogen and oxygen atoms in total. The van der Waals surface area contributed by atoms with Crippen LogP contribution in [0.15, 0.2) is 42.5 Å². The quantitative estimate of drug-likeness (QED) is 0.471. The minimum Gasteiger partial charge on any atom is -0.497 e. The van der Waals surface area contributed by atoms with E-state index in [0.29, 0.717) is 37.7 Å². The van der Waals surface area contributed by atoms with Gasteiger partial charge in [0.05, 0.1) is 20.3 Å². The van der Waals surface area contributed by atoms with Crippen molar-refractivity contribution in [3.05, 3.63) is 53.6 Å². The summed E-state index contributed by atoms with van der Waals surface area (Å²) in [5, 5.41) is 2.91. The van der Waals surface area contributed by atoms with Crippen molar-refractivity contribution in [2.45, 2.75) is 66.1 Å². The van der Waals surface area contributed by atoms with Crippen LogP contribution in [-0.4, -0.2) is 49.1 Å². The van der Waals surface area contributed by atoms with Crippen LogP contribution in [0.1, 0.15) is 52.2 Å². The average Bonchev–Trinajstić information content (AvgIpc) is 2.82. The molecule has 34 heavy (non-hydrogen) atoms. The third kappa shape index (κ3) is 7.97. The Morgan fingerprint density at radius 3 is 2.12 bits per heavy atom. The van der Waals surface area contributed by atoms with E-state index in [2.05, 4.69) is 5.32 Å². The summed E-state index contributed by atoms with van der Waals surface area (Å²) in [6.45, 7) is 10.8. The Hall–Kier alpha value is -3.22. The van der Waals surface area contributed by atoms with Crippen molar-refractivity contribution in [1.29, 1.82) is 0 Å². The Kier molecular flexibility index (Phi) is 10.7. The van der Waals surface area contributed by atoms with Crippen molar-refractivity contribution in [3.63, 3.8) is 0 Å². The SMILES string of the molecule is CCOc1ccc(CCC(=O)N(Cc2ccc(OC)cc2)C(C)C(=O)NC(C)C)cc1OCC. The highest BCUT2D eigenvalue weighted by molar-refractivity contribution is 5.87. The molecule has 0 bridgehead atoms. The number of nitrogens with one attached hydrogen (secondary N) is 1. The highest BCUT2D eigenvalue weighted by atomic mass is 16.5. The van der Waals surface area contributed by atoms with Gasteiger partial charge in [0.25, 0.3) is 0 Å². The molecule has 0 radical (unpaired) electrons. The van der Waals surface area contributed by atoms with Gasteiger partial charge in [-0.15, -0.1) is 0 Å². The number of nitrogens with zero attached hydrogens (tertiary/aromatic N) is 1. The van der Waals surface area contributed by atoms with Crippen LogP contribution in [0.5, 0.6) is 17.2 Å². The normalized spacial score (nSPS) is 11.6. The molecule has 0 aromatic heterocycles. The number of benzene rings is 2. The molecule has 2 rings (SSSR count). The summed E-state index contributed by atoms with van der Waals surface area (Å²) in [6, 6.07) is 12.7. The van der Waals surface area contributed by atoms with Gasteiger partial charge in [0.15, 0.2) is 11.5 Å². The maximum Gasteiger partial charge on any atom is 0.242 e. The van der Waals surface area contributed by atoms with Gasteiger partial charge < -0.3 is 24.4 Å². The summed E-state index contributed by atoms with van der Waals surface area (Å²) in [7, 11) is 1.61. The van der Waals surface area contributed by atoms with Crippen LogP contribution in [0, 0.1) is 0 Å². The summed E-state index contributed by atoms with van der Waals surface area (Å²) in [5.41, 5.74) is 1.90. The Balaban J connectivity index is 2.18. The lowest BCUT2D eigenvalue weighted by molar-refractivity contribution is -0.140. The molecule has 0 fully saturated rings. The van der Waals surface area contributed by atoms with Crippen LogP contribution in [-0.2, 0) is 22.6 Å². The fraction of sp³-hybridized carbons (Fsp3) is 0.481. The molecule has 2 aromatic carbocycles. The lowest BCUT2D eigenvalue weighted by Crippen LogP contribution is -2.49. The number of carbonyl (C=O) groups excluding carboxylic acids is 2. The first-order chi connectivity index (χ1) is 16.3. The molecular weight excluding hydrogens is 432 g/mol. The second-order valence-electron chi connectivity index (χ2n) is 8.36. The smallest absolute Gasteiger partial charge is 0.242 e. The first kappa shape index (κ1) is 27.0. The fourth-order valence-electron chi connectivity index (χ4n) is 3.56. The van der Waals surface area contributed by atoms with E-state index in [1.165, 1.54) is 0 Å². The average molecular weight is 471 g/mol. The predicted octanol–water partition coefficient (Wildman–Crippen LogP) is 4.37. The number of hydrogen-bond acceptors (Lipinski definition) is 5. The molecule has 0 heterocycles. The molecule has 7 heteroatoms. The molecule has 0 aliphatic carbocycles. The molecule has 2 amide bonds. The summed E-state index contributed by atoms with van der Waals surface area (Å²) in [5.74, 6) is 1.85. The van der Waals surface area contributed by atoms with Crippen LogP contribution in [0.2, 0.25) is 0 Å². The second-order valence-corrected chi connectivity index (χ2v) is 8.36. The van der Waals surface area contributed by atoms with Gasteiger partial charge >= 0.3 is 0 Å². The third-order valence-corrected chi connectivity index (χ3v) is 5.35. The van der Waals surface area contributed by atoms with Crippen molar-refractivity contribution in [3.8, 4) is 17.2 Å². The standard InChI is InChI=1S/C27H38N2O5/c1-7-33-24-15-11-21(17-25(24)34-8-2)12-16-26(30)29(20(5)27(31)28-19(3)4)18-22-9-13-23(32-6)14-10-22/h9-11,13-15,17,19-20H,7-8,12,16,18H2,1-6H3,(H,28,31). The van der Waals surface area contributed by atoms with E-state index in [9.17, 15) is 9.59 Å². The highest BCUT2D eigenvalue weighted by Gasteiger charge is 2.26. The van der Waals surface area contributed by atoms with Crippen LogP contribution >= 0.6 is 0 Å². The van der Waals surface area contributed by atoms with Crippen LogP contribution in [0.3, 0.4) is 0 Å². The van der Waals surface area contributed by atoms with Crippen LogP contribution in [0.25, 0.3) is 0 Å². The van der Waals surface area contributed by atoms with E-state index in [1.807, 2.05) is 70.2 Å². The van der Waals surface area contributed by atoms with E-state index in [1.54, 1.807) is 18.9 Å². The van der Waals surface area contributed by atoms with Gasteiger partial charge in [-0.25, -0.2) is 0 Å². The maximum atomic E-state index is 13.3. The van der Waals surface area contributed by atoms with E-state index in [-0.39, 0.29) is 24.3 Å². The second kappa shape index (κ2) is 13.5. The predicted molar refractivity (Wildman–Crippen MR) is 133 cm³/mol. The van der Waals surface area contributed by atoms with Gasteiger partial charge in [0, 0.05) is 19.0 Å². The van der Waals surface area contributed by atoms with Gasteiger partial charge in [0.2, 0.25) is 11.8 Å². The first-order valence-corrected chi connectivity index (χ1v) is 11.9. The van der Waals surface area contributed by atoms with E-state index >= 15 is 0 Å². The number of hydrogen-bond donors (Lipinski definition) is 1. The molecule has 0 spiro atoms. The van der Waals surface area contributed by atoms with Crippen molar-refractivity contribution < 1.29 is 23.8 Å². The van der Waals surface area contributed by atoms with E-state index < -0.39 is 6.04 Å². The van der Waals surface area contributed by atoms with Gasteiger partial charge in [-0.2, -0.15) is 0 Å². The molecule has 1 atom stereocenters. The van der Waals surface area contributed by atoms with Gasteiger partial charge in [0.1, 0.15) is 11.8 Å². The molecule has 1 unspecified atom stereocenters. The number of methoxy groups -OCH3 is 1. The van der Waals surface area contributed by atoms with Crippen molar-refractivity contribution in [2.24, 2.45) is 0 Å². The lowest BCUT2D eigenvalue weighted by Gasteiger charge is -2.29. The number of aryl methyl sites for hydroxylation is 1. The van der Waals surface area contributed by atoms with Gasteiger partial charge in [-0.3, -0.25) is 9.59 Å². The molecule has 0 saturated heterocycles. The van der Waals surface area contributed by atoms with E-state index in [0.717, 1.165) is 16.9 Å². The number of amides is 2. The summed E-state index contributed by atoms with van der Waals surface area (Å²) in [4.78, 5) is 27.7. The topological polar surface area (TPSA) is 77.1 Å². The lowest BCUT2D eigenvalue weighted by atomic mass is 10.1. The molecular formula is C27H38N2O5. The Morgan fingerprint density at radius 2 is 1.53 bits per heavy atom. The van der Waals surface area contributed by atoms with E-state index in [4.69, 9.17) is 14.2 Å². The van der Waals surface area contributed by atoms with Crippen LogP contribution < -0.4 is 19.5 Å². The summed E-state index contributed by atoms with van der Waals surface area (Å²) in [6.07, 6.45) is 0.804. The first-order valence-electron chi connectivity index (χ1n) is 11.9. The van der Waals surface area contributed by atoms with Crippen molar-refractivity contribution >= 4 is 11.8 Å². The minimum atomic E-state index is -0.601. The Bertz CT molecular complexity index is 927. The molecule has 0 saturated carbocycles. The maximum absolute atomic E-state index is 13.3. The Morgan fingerprint density at radius 1 is 0.912 bits per heavy atom. The van der Waals surface area contributed by atoms with Crippen molar-refractivity contribution in [2.75, 3.05) is 20.3 Å². The zero-order chi connectivity index (χ0) is 25.1. The monoisotopic (exact) mass is 470 g/mol. The Labute approximate surface area is 203 Å². The zero-order valence-electron chi connectivity index (χ0n) is 21.2. The number of ether oxygens (including phenoxy) is 3. The molecule has 0 aliphatic rings. The molecule has 2 aromatic rings. The number of rotatable bonds is 13. The van der Waals surface area contributed by atoms with Gasteiger partial charge in [-0.1, -0.05) is 18.2 Å². The van der Waals surface area contributed by atoms with Crippen molar-refractivity contribution in [1.82, 2.24) is 10.2 Å². The van der Waals surface area contributed by atoms with Gasteiger partial charge in [-0.05, 0) is 76.4 Å². The highest BCUT2D eigenvalue weighted by Crippen LogP contribution is 2.29. The largest absolute Gasteiger partial charge is 0.497 e.